The van der Waals surface area contributed by atoms with Crippen molar-refractivity contribution in [3.05, 3.63) is 118 Å². The maximum Gasteiger partial charge on any atom is 0.295 e. The fraction of sp³-hybridized carbons (Fsp3) is 0.111. The lowest BCUT2D eigenvalue weighted by Crippen LogP contribution is -2.29. The number of carbonyl (C=O) groups is 2. The van der Waals surface area contributed by atoms with Gasteiger partial charge in [-0.2, -0.15) is 5.10 Å². The van der Waals surface area contributed by atoms with Gasteiger partial charge in [0.25, 0.3) is 11.7 Å². The third-order valence-electron chi connectivity index (χ3n) is 6.05. The summed E-state index contributed by atoms with van der Waals surface area (Å²) < 4.78 is 2.49. The molecule has 5 rings (SSSR count). The normalized spacial score (nSPS) is 17.2. The molecule has 1 N–H and O–H groups in total. The number of aliphatic hydroxyl groups excluding tert-OH is 1. The monoisotopic (exact) mass is 528 g/mol. The van der Waals surface area contributed by atoms with Crippen LogP contribution in [0.1, 0.15) is 28.4 Å². The summed E-state index contributed by atoms with van der Waals surface area (Å²) in [7, 11) is 0. The second-order valence-electron chi connectivity index (χ2n) is 8.23. The quantitative estimate of drug-likeness (QED) is 0.224. The van der Waals surface area contributed by atoms with Gasteiger partial charge in [0.05, 0.1) is 34.8 Å². The van der Waals surface area contributed by atoms with Crippen LogP contribution in [0.3, 0.4) is 0 Å². The van der Waals surface area contributed by atoms with E-state index in [2.05, 4.69) is 26.0 Å². The molecule has 35 heavy (non-hydrogen) atoms. The molecule has 1 amide bonds. The molecule has 1 atom stereocenters. The van der Waals surface area contributed by atoms with Gasteiger partial charge in [0.1, 0.15) is 5.76 Å². The Kier molecular flexibility index (Phi) is 6.05. The summed E-state index contributed by atoms with van der Waals surface area (Å²) in [5, 5.41) is 15.9. The molecular formula is C27H21BrN4O3. The molecule has 2 aromatic heterocycles. The summed E-state index contributed by atoms with van der Waals surface area (Å²) in [6.07, 6.45) is 4.83. The first kappa shape index (κ1) is 22.7. The predicted octanol–water partition coefficient (Wildman–Crippen LogP) is 4.96. The molecule has 1 aliphatic heterocycles. The molecule has 3 heterocycles. The maximum atomic E-state index is 13.3. The van der Waals surface area contributed by atoms with Crippen LogP contribution in [0.2, 0.25) is 0 Å². The van der Waals surface area contributed by atoms with Crippen LogP contribution in [0.15, 0.2) is 95.4 Å². The number of rotatable bonds is 5. The number of carbonyl (C=O) groups excluding carboxylic acids is 2. The Bertz CT molecular complexity index is 1450. The van der Waals surface area contributed by atoms with E-state index in [1.807, 2.05) is 67.6 Å². The molecule has 2 aromatic carbocycles. The first-order valence-electron chi connectivity index (χ1n) is 11.0. The van der Waals surface area contributed by atoms with Crippen molar-refractivity contribution in [2.75, 3.05) is 0 Å². The number of likely N-dealkylation sites (tertiary alicyclic amines) is 1. The number of Topliss-reactive ketones (excluding diaryl/α,β-unsaturated/α-hetero) is 1. The van der Waals surface area contributed by atoms with Crippen molar-refractivity contribution in [3.8, 4) is 5.69 Å². The first-order valence-corrected chi connectivity index (χ1v) is 11.8. The Morgan fingerprint density at radius 1 is 1.03 bits per heavy atom. The Labute approximate surface area is 210 Å². The zero-order chi connectivity index (χ0) is 24.5. The van der Waals surface area contributed by atoms with Crippen molar-refractivity contribution in [2.24, 2.45) is 0 Å². The van der Waals surface area contributed by atoms with Gasteiger partial charge >= 0.3 is 0 Å². The SMILES string of the molecule is Cc1c(C(O)=C2C(=O)C(=O)N(Cc3cccnc3)C2c2cccc(Br)c2)cnn1-c1ccccc1. The Balaban J connectivity index is 1.65. The van der Waals surface area contributed by atoms with Crippen molar-refractivity contribution in [1.82, 2.24) is 19.7 Å². The lowest BCUT2D eigenvalue weighted by atomic mass is 9.95. The number of ketones is 1. The smallest absolute Gasteiger partial charge is 0.295 e. The Morgan fingerprint density at radius 2 is 1.83 bits per heavy atom. The fourth-order valence-electron chi connectivity index (χ4n) is 4.37. The first-order chi connectivity index (χ1) is 17.0. The number of halogens is 1. The molecule has 1 unspecified atom stereocenters. The predicted molar refractivity (Wildman–Crippen MR) is 135 cm³/mol. The average Bonchev–Trinajstić information content (AvgIpc) is 3.37. The van der Waals surface area contributed by atoms with Crippen LogP contribution in [0, 0.1) is 6.92 Å². The maximum absolute atomic E-state index is 13.3. The molecule has 0 saturated carbocycles. The number of hydrogen-bond acceptors (Lipinski definition) is 5. The number of amides is 1. The number of hydrogen-bond donors (Lipinski definition) is 1. The van der Waals surface area contributed by atoms with E-state index < -0.39 is 17.7 Å². The number of benzene rings is 2. The topological polar surface area (TPSA) is 88.3 Å². The van der Waals surface area contributed by atoms with E-state index in [0.717, 1.165) is 15.7 Å². The molecule has 0 aliphatic carbocycles. The van der Waals surface area contributed by atoms with Gasteiger partial charge in [0, 0.05) is 23.4 Å². The Hall–Kier alpha value is -4.04. The van der Waals surface area contributed by atoms with Crippen LogP contribution in [0.5, 0.6) is 0 Å². The largest absolute Gasteiger partial charge is 0.507 e. The lowest BCUT2D eigenvalue weighted by Gasteiger charge is -2.25. The van der Waals surface area contributed by atoms with Gasteiger partial charge < -0.3 is 10.0 Å². The van der Waals surface area contributed by atoms with Gasteiger partial charge in [-0.3, -0.25) is 14.6 Å². The lowest BCUT2D eigenvalue weighted by molar-refractivity contribution is -0.140. The van der Waals surface area contributed by atoms with Crippen molar-refractivity contribution in [2.45, 2.75) is 19.5 Å². The zero-order valence-electron chi connectivity index (χ0n) is 18.8. The van der Waals surface area contributed by atoms with E-state index in [1.54, 1.807) is 23.1 Å². The van der Waals surface area contributed by atoms with E-state index in [0.29, 0.717) is 16.8 Å². The molecule has 4 aromatic rings. The third kappa shape index (κ3) is 4.17. The highest BCUT2D eigenvalue weighted by Gasteiger charge is 2.46. The van der Waals surface area contributed by atoms with Crippen molar-refractivity contribution < 1.29 is 14.7 Å². The number of aliphatic hydroxyl groups is 1. The number of para-hydroxylation sites is 1. The van der Waals surface area contributed by atoms with Gasteiger partial charge in [-0.25, -0.2) is 4.68 Å². The number of pyridine rings is 1. The van der Waals surface area contributed by atoms with Gasteiger partial charge in [0.15, 0.2) is 0 Å². The zero-order valence-corrected chi connectivity index (χ0v) is 20.4. The van der Waals surface area contributed by atoms with E-state index >= 15 is 0 Å². The van der Waals surface area contributed by atoms with Crippen molar-refractivity contribution in [1.29, 1.82) is 0 Å². The van der Waals surface area contributed by atoms with E-state index in [9.17, 15) is 14.7 Å². The van der Waals surface area contributed by atoms with Crippen LogP contribution in [-0.2, 0) is 16.1 Å². The standard InChI is InChI=1S/C27H21BrN4O3/c1-17-22(15-30-32(17)21-10-3-2-4-11-21)25(33)23-24(19-8-5-9-20(28)13-19)31(27(35)26(23)34)16-18-7-6-12-29-14-18/h2-15,24,33H,16H2,1H3. The van der Waals surface area contributed by atoms with Crippen LogP contribution in [0.4, 0.5) is 0 Å². The molecule has 0 spiro atoms. The Morgan fingerprint density at radius 3 is 2.54 bits per heavy atom. The van der Waals surface area contributed by atoms with Gasteiger partial charge in [-0.15, -0.1) is 0 Å². The summed E-state index contributed by atoms with van der Waals surface area (Å²) >= 11 is 3.48. The molecule has 1 aliphatic rings. The molecule has 174 valence electrons. The summed E-state index contributed by atoms with van der Waals surface area (Å²) in [5.41, 5.74) is 3.39. The van der Waals surface area contributed by atoms with E-state index in [1.165, 1.54) is 11.1 Å². The second-order valence-corrected chi connectivity index (χ2v) is 9.15. The van der Waals surface area contributed by atoms with E-state index in [4.69, 9.17) is 0 Å². The molecule has 0 bridgehead atoms. The highest BCUT2D eigenvalue weighted by molar-refractivity contribution is 9.10. The van der Waals surface area contributed by atoms with Gasteiger partial charge in [0.2, 0.25) is 0 Å². The number of nitrogens with zero attached hydrogens (tertiary/aromatic N) is 4. The van der Waals surface area contributed by atoms with Crippen molar-refractivity contribution >= 4 is 33.4 Å². The highest BCUT2D eigenvalue weighted by Crippen LogP contribution is 2.41. The molecular weight excluding hydrogens is 508 g/mol. The average molecular weight is 529 g/mol. The van der Waals surface area contributed by atoms with Crippen molar-refractivity contribution in [3.63, 3.8) is 0 Å². The summed E-state index contributed by atoms with van der Waals surface area (Å²) in [6.45, 7) is 1.99. The molecule has 7 nitrogen and oxygen atoms in total. The van der Waals surface area contributed by atoms with Crippen LogP contribution in [-0.4, -0.2) is 36.5 Å². The summed E-state index contributed by atoms with van der Waals surface area (Å²) in [5.74, 6) is -1.65. The van der Waals surface area contributed by atoms with Gasteiger partial charge in [-0.05, 0) is 48.4 Å². The minimum Gasteiger partial charge on any atom is -0.507 e. The third-order valence-corrected chi connectivity index (χ3v) is 6.54. The molecule has 1 saturated heterocycles. The van der Waals surface area contributed by atoms with Gasteiger partial charge in [-0.1, -0.05) is 52.3 Å². The van der Waals surface area contributed by atoms with E-state index in [-0.39, 0.29) is 17.9 Å². The van der Waals surface area contributed by atoms with Crippen LogP contribution in [0.25, 0.3) is 11.4 Å². The second kappa shape index (κ2) is 9.31. The minimum atomic E-state index is -0.771. The fourth-order valence-corrected chi connectivity index (χ4v) is 4.79. The van der Waals surface area contributed by atoms with Crippen LogP contribution < -0.4 is 0 Å². The molecule has 0 radical (unpaired) electrons. The summed E-state index contributed by atoms with van der Waals surface area (Å²) in [4.78, 5) is 32.1. The molecule has 1 fully saturated rings. The molecule has 8 heteroatoms. The summed E-state index contributed by atoms with van der Waals surface area (Å²) in [6, 6.07) is 19.7. The number of aromatic nitrogens is 3. The highest BCUT2D eigenvalue weighted by atomic mass is 79.9. The minimum absolute atomic E-state index is 0.0349. The van der Waals surface area contributed by atoms with Crippen LogP contribution >= 0.6 is 15.9 Å².